The van der Waals surface area contributed by atoms with Crippen LogP contribution in [0.15, 0.2) is 18.2 Å². The summed E-state index contributed by atoms with van der Waals surface area (Å²) in [5.41, 5.74) is 1.03. The van der Waals surface area contributed by atoms with Crippen LogP contribution in [0.5, 0.6) is 5.75 Å². The Bertz CT molecular complexity index is 680. The van der Waals surface area contributed by atoms with Gasteiger partial charge in [0.15, 0.2) is 0 Å². The number of rotatable bonds is 4. The van der Waals surface area contributed by atoms with Crippen LogP contribution in [0.25, 0.3) is 0 Å². The molecule has 2 amide bonds. The molecule has 0 saturated carbocycles. The maximum Gasteiger partial charge on any atom is 0.257 e. The number of anilines is 1. The van der Waals surface area contributed by atoms with Gasteiger partial charge in [-0.15, -0.1) is 0 Å². The van der Waals surface area contributed by atoms with E-state index in [9.17, 15) is 9.59 Å². The molecular weight excluding hydrogens is 358 g/mol. The number of carbonyl (C=O) groups excluding carboxylic acids is 2. The third kappa shape index (κ3) is 5.94. The summed E-state index contributed by atoms with van der Waals surface area (Å²) in [7, 11) is 3.43. The summed E-state index contributed by atoms with van der Waals surface area (Å²) in [6.45, 7) is 7.79. The van der Waals surface area contributed by atoms with Crippen LogP contribution in [-0.4, -0.2) is 62.7 Å². The predicted octanol–water partition coefficient (Wildman–Crippen LogP) is 2.52. The van der Waals surface area contributed by atoms with E-state index in [1.165, 1.54) is 0 Å². The standard InChI is InChI=1S/C21H33N3O4/c1-6-7-20(25)23-16-8-9-18-17(10-16)21(26)24(4)12-19(27-5)14(2)11-22-15(3)13-28-18/h8-10,14-15,19,22H,6-7,11-13H2,1-5H3,(H,23,25)/t14-,15-,19-/m0/s1. The van der Waals surface area contributed by atoms with E-state index in [1.807, 2.05) is 13.8 Å². The van der Waals surface area contributed by atoms with E-state index in [-0.39, 0.29) is 29.9 Å². The van der Waals surface area contributed by atoms with Gasteiger partial charge in [-0.3, -0.25) is 9.59 Å². The lowest BCUT2D eigenvalue weighted by molar-refractivity contribution is -0.116. The van der Waals surface area contributed by atoms with Gasteiger partial charge >= 0.3 is 0 Å². The molecule has 1 aromatic carbocycles. The first-order valence-electron chi connectivity index (χ1n) is 9.94. The lowest BCUT2D eigenvalue weighted by Crippen LogP contribution is -2.44. The van der Waals surface area contributed by atoms with E-state index in [2.05, 4.69) is 17.6 Å². The van der Waals surface area contributed by atoms with Gasteiger partial charge in [0, 0.05) is 45.4 Å². The molecule has 0 fully saturated rings. The van der Waals surface area contributed by atoms with Crippen LogP contribution in [-0.2, 0) is 9.53 Å². The number of ether oxygens (including phenoxy) is 2. The first-order chi connectivity index (χ1) is 13.3. The van der Waals surface area contributed by atoms with Gasteiger partial charge in [0.1, 0.15) is 12.4 Å². The van der Waals surface area contributed by atoms with Crippen molar-refractivity contribution in [3.63, 3.8) is 0 Å². The van der Waals surface area contributed by atoms with Crippen molar-refractivity contribution in [2.24, 2.45) is 5.92 Å². The van der Waals surface area contributed by atoms with Crippen molar-refractivity contribution >= 4 is 17.5 Å². The molecule has 0 radical (unpaired) electrons. The fraction of sp³-hybridized carbons (Fsp3) is 0.619. The second-order valence-electron chi connectivity index (χ2n) is 7.57. The Kier molecular flexibility index (Phi) is 8.26. The number of carbonyl (C=O) groups is 2. The normalized spacial score (nSPS) is 23.8. The maximum atomic E-state index is 13.1. The highest BCUT2D eigenvalue weighted by molar-refractivity contribution is 5.99. The molecule has 0 unspecified atom stereocenters. The fourth-order valence-corrected chi connectivity index (χ4v) is 3.19. The van der Waals surface area contributed by atoms with Crippen molar-refractivity contribution in [3.8, 4) is 5.75 Å². The molecule has 156 valence electrons. The van der Waals surface area contributed by atoms with Crippen LogP contribution in [0.4, 0.5) is 5.69 Å². The summed E-state index contributed by atoms with van der Waals surface area (Å²) < 4.78 is 11.6. The van der Waals surface area contributed by atoms with E-state index in [1.54, 1.807) is 37.3 Å². The first-order valence-corrected chi connectivity index (χ1v) is 9.94. The van der Waals surface area contributed by atoms with Gasteiger partial charge in [-0.1, -0.05) is 13.8 Å². The molecule has 0 saturated heterocycles. The van der Waals surface area contributed by atoms with Gasteiger partial charge in [0.05, 0.1) is 11.7 Å². The van der Waals surface area contributed by atoms with Crippen LogP contribution in [0.3, 0.4) is 0 Å². The maximum absolute atomic E-state index is 13.1. The summed E-state index contributed by atoms with van der Waals surface area (Å²) in [5, 5.41) is 6.31. The summed E-state index contributed by atoms with van der Waals surface area (Å²) in [5.74, 6) is 0.531. The van der Waals surface area contributed by atoms with Crippen molar-refractivity contribution in [1.29, 1.82) is 0 Å². The number of hydrogen-bond acceptors (Lipinski definition) is 5. The molecule has 0 bridgehead atoms. The zero-order valence-corrected chi connectivity index (χ0v) is 17.6. The Hall–Kier alpha value is -2.12. The third-order valence-corrected chi connectivity index (χ3v) is 4.99. The molecule has 0 spiro atoms. The van der Waals surface area contributed by atoms with E-state index >= 15 is 0 Å². The van der Waals surface area contributed by atoms with Crippen molar-refractivity contribution in [1.82, 2.24) is 10.2 Å². The molecule has 2 rings (SSSR count). The highest BCUT2D eigenvalue weighted by atomic mass is 16.5. The summed E-state index contributed by atoms with van der Waals surface area (Å²) >= 11 is 0. The van der Waals surface area contributed by atoms with Gasteiger partial charge < -0.3 is 25.0 Å². The fourth-order valence-electron chi connectivity index (χ4n) is 3.19. The molecule has 1 heterocycles. The van der Waals surface area contributed by atoms with Crippen molar-refractivity contribution < 1.29 is 19.1 Å². The average Bonchev–Trinajstić information content (AvgIpc) is 2.67. The van der Waals surface area contributed by atoms with Crippen LogP contribution in [0.1, 0.15) is 44.0 Å². The molecule has 7 nitrogen and oxygen atoms in total. The number of nitrogens with zero attached hydrogens (tertiary/aromatic N) is 1. The summed E-state index contributed by atoms with van der Waals surface area (Å²) in [4.78, 5) is 26.7. The van der Waals surface area contributed by atoms with E-state index in [4.69, 9.17) is 9.47 Å². The lowest BCUT2D eigenvalue weighted by atomic mass is 10.0. The van der Waals surface area contributed by atoms with Crippen LogP contribution < -0.4 is 15.4 Å². The Balaban J connectivity index is 2.33. The molecule has 1 aliphatic rings. The monoisotopic (exact) mass is 391 g/mol. The minimum absolute atomic E-state index is 0.0663. The molecule has 7 heteroatoms. The lowest BCUT2D eigenvalue weighted by Gasteiger charge is -2.30. The highest BCUT2D eigenvalue weighted by Crippen LogP contribution is 2.25. The Morgan fingerprint density at radius 2 is 2.14 bits per heavy atom. The molecule has 1 aromatic rings. The van der Waals surface area contributed by atoms with Crippen LogP contribution in [0, 0.1) is 5.92 Å². The Labute approximate surface area is 167 Å². The molecular formula is C21H33N3O4. The minimum Gasteiger partial charge on any atom is -0.491 e. The molecule has 2 N–H and O–H groups in total. The van der Waals surface area contributed by atoms with Crippen molar-refractivity contribution in [2.75, 3.05) is 39.2 Å². The second-order valence-corrected chi connectivity index (χ2v) is 7.57. The van der Waals surface area contributed by atoms with E-state index < -0.39 is 0 Å². The third-order valence-electron chi connectivity index (χ3n) is 4.99. The molecule has 0 aliphatic carbocycles. The largest absolute Gasteiger partial charge is 0.491 e. The highest BCUT2D eigenvalue weighted by Gasteiger charge is 2.25. The van der Waals surface area contributed by atoms with Crippen molar-refractivity contribution in [3.05, 3.63) is 23.8 Å². The molecule has 28 heavy (non-hydrogen) atoms. The van der Waals surface area contributed by atoms with Crippen LogP contribution in [0.2, 0.25) is 0 Å². The zero-order valence-electron chi connectivity index (χ0n) is 17.6. The Morgan fingerprint density at radius 1 is 1.39 bits per heavy atom. The zero-order chi connectivity index (χ0) is 20.7. The van der Waals surface area contributed by atoms with E-state index in [0.29, 0.717) is 36.6 Å². The first kappa shape index (κ1) is 22.2. The number of likely N-dealkylation sites (N-methyl/N-ethyl adjacent to an activating group) is 1. The summed E-state index contributed by atoms with van der Waals surface area (Å²) in [6.07, 6.45) is 1.13. The quantitative estimate of drug-likeness (QED) is 0.824. The minimum atomic E-state index is -0.156. The number of methoxy groups -OCH3 is 1. The van der Waals surface area contributed by atoms with Gasteiger partial charge in [-0.2, -0.15) is 0 Å². The molecule has 1 aliphatic heterocycles. The number of amides is 2. The second kappa shape index (κ2) is 10.4. The topological polar surface area (TPSA) is 79.9 Å². The van der Waals surface area contributed by atoms with Gasteiger partial charge in [0.2, 0.25) is 5.91 Å². The average molecular weight is 392 g/mol. The van der Waals surface area contributed by atoms with Crippen molar-refractivity contribution in [2.45, 2.75) is 45.8 Å². The molecule has 0 aromatic heterocycles. The number of benzene rings is 1. The van der Waals surface area contributed by atoms with Gasteiger partial charge in [-0.25, -0.2) is 0 Å². The number of hydrogen-bond donors (Lipinski definition) is 2. The smallest absolute Gasteiger partial charge is 0.257 e. The van der Waals surface area contributed by atoms with Crippen LogP contribution >= 0.6 is 0 Å². The number of fused-ring (bicyclic) bond motifs is 1. The predicted molar refractivity (Wildman–Crippen MR) is 110 cm³/mol. The van der Waals surface area contributed by atoms with Gasteiger partial charge in [-0.05, 0) is 37.5 Å². The Morgan fingerprint density at radius 3 is 2.82 bits per heavy atom. The van der Waals surface area contributed by atoms with Gasteiger partial charge in [0.25, 0.3) is 5.91 Å². The van der Waals surface area contributed by atoms with E-state index in [0.717, 1.165) is 13.0 Å². The number of nitrogens with one attached hydrogen (secondary N) is 2. The molecule has 3 atom stereocenters. The SMILES string of the molecule is CCCC(=O)Nc1ccc2c(c1)C(=O)N(C)C[C@H](OC)[C@@H](C)CN[C@@H](C)CO2. The summed E-state index contributed by atoms with van der Waals surface area (Å²) in [6, 6.07) is 5.34.